The summed E-state index contributed by atoms with van der Waals surface area (Å²) in [5.74, 6) is 3.06. The molecule has 4 fully saturated rings. The van der Waals surface area contributed by atoms with E-state index in [2.05, 4.69) is 5.32 Å². The third kappa shape index (κ3) is 2.99. The molecule has 4 aliphatic rings. The molecule has 1 atom stereocenters. The van der Waals surface area contributed by atoms with Gasteiger partial charge in [0.15, 0.2) is 0 Å². The van der Waals surface area contributed by atoms with Crippen molar-refractivity contribution in [3.8, 4) is 0 Å². The van der Waals surface area contributed by atoms with Crippen molar-refractivity contribution in [1.82, 2.24) is 5.32 Å². The number of nitrogens with zero attached hydrogens (tertiary/aromatic N) is 1. The fourth-order valence-electron chi connectivity index (χ4n) is 6.03. The number of hydrogen-bond acceptors (Lipinski definition) is 2. The van der Waals surface area contributed by atoms with Gasteiger partial charge in [-0.05, 0) is 80.8 Å². The van der Waals surface area contributed by atoms with Crippen LogP contribution in [0.5, 0.6) is 0 Å². The van der Waals surface area contributed by atoms with Gasteiger partial charge >= 0.3 is 0 Å². The van der Waals surface area contributed by atoms with E-state index >= 15 is 0 Å². The van der Waals surface area contributed by atoms with Crippen LogP contribution >= 0.6 is 0 Å². The molecule has 0 aromatic heterocycles. The summed E-state index contributed by atoms with van der Waals surface area (Å²) in [6, 6.07) is 9.80. The molecule has 4 aliphatic carbocycles. The Morgan fingerprint density at radius 2 is 1.67 bits per heavy atom. The summed E-state index contributed by atoms with van der Waals surface area (Å²) in [7, 11) is 1.88. The molecule has 0 aliphatic heterocycles. The van der Waals surface area contributed by atoms with E-state index in [0.717, 1.165) is 30.0 Å². The molecule has 1 amide bonds. The van der Waals surface area contributed by atoms with Gasteiger partial charge in [-0.2, -0.15) is 0 Å². The lowest BCUT2D eigenvalue weighted by molar-refractivity contribution is -0.120. The van der Waals surface area contributed by atoms with Crippen LogP contribution in [0.1, 0.15) is 45.4 Å². The Kier molecular flexibility index (Phi) is 4.16. The fourth-order valence-corrected chi connectivity index (χ4v) is 6.03. The van der Waals surface area contributed by atoms with Crippen molar-refractivity contribution in [3.05, 3.63) is 30.3 Å². The SMILES string of the molecule is C[C@@H](NCC12CC3CC(CC(C3)C1)C2)C(=O)N(C)c1ccccc1. The Morgan fingerprint density at radius 3 is 2.21 bits per heavy atom. The van der Waals surface area contributed by atoms with Crippen molar-refractivity contribution in [2.75, 3.05) is 18.5 Å². The van der Waals surface area contributed by atoms with Crippen molar-refractivity contribution in [2.45, 2.75) is 51.5 Å². The molecule has 4 saturated carbocycles. The maximum Gasteiger partial charge on any atom is 0.243 e. The normalized spacial score (nSPS) is 35.0. The molecule has 0 spiro atoms. The molecule has 24 heavy (non-hydrogen) atoms. The smallest absolute Gasteiger partial charge is 0.243 e. The highest BCUT2D eigenvalue weighted by atomic mass is 16.2. The van der Waals surface area contributed by atoms with Gasteiger partial charge in [0, 0.05) is 19.3 Å². The van der Waals surface area contributed by atoms with E-state index in [1.165, 1.54) is 38.5 Å². The number of benzene rings is 1. The van der Waals surface area contributed by atoms with Crippen molar-refractivity contribution >= 4 is 11.6 Å². The molecule has 1 N–H and O–H groups in total. The second-order valence-electron chi connectivity index (χ2n) is 8.75. The van der Waals surface area contributed by atoms with Gasteiger partial charge < -0.3 is 10.2 Å². The van der Waals surface area contributed by atoms with Gasteiger partial charge in [0.2, 0.25) is 5.91 Å². The zero-order chi connectivity index (χ0) is 16.7. The summed E-state index contributed by atoms with van der Waals surface area (Å²) in [5.41, 5.74) is 1.44. The Bertz CT molecular complexity index is 562. The minimum atomic E-state index is -0.122. The van der Waals surface area contributed by atoms with Gasteiger partial charge in [-0.3, -0.25) is 4.79 Å². The number of carbonyl (C=O) groups excluding carboxylic acids is 1. The molecular formula is C21H30N2O. The van der Waals surface area contributed by atoms with Crippen LogP contribution in [-0.4, -0.2) is 25.5 Å². The van der Waals surface area contributed by atoms with E-state index in [-0.39, 0.29) is 11.9 Å². The number of anilines is 1. The minimum Gasteiger partial charge on any atom is -0.314 e. The molecule has 3 heteroatoms. The lowest BCUT2D eigenvalue weighted by atomic mass is 9.49. The van der Waals surface area contributed by atoms with E-state index in [0.29, 0.717) is 5.41 Å². The highest BCUT2D eigenvalue weighted by molar-refractivity contribution is 5.96. The summed E-state index contributed by atoms with van der Waals surface area (Å²) in [6.45, 7) is 3.04. The lowest BCUT2D eigenvalue weighted by Crippen LogP contribution is -2.53. The highest BCUT2D eigenvalue weighted by Crippen LogP contribution is 2.59. The van der Waals surface area contributed by atoms with Crippen molar-refractivity contribution in [1.29, 1.82) is 0 Å². The van der Waals surface area contributed by atoms with E-state index in [1.807, 2.05) is 44.3 Å². The van der Waals surface area contributed by atoms with Gasteiger partial charge in [-0.15, -0.1) is 0 Å². The number of hydrogen-bond donors (Lipinski definition) is 1. The van der Waals surface area contributed by atoms with E-state index in [1.54, 1.807) is 4.90 Å². The van der Waals surface area contributed by atoms with Crippen molar-refractivity contribution in [2.24, 2.45) is 23.2 Å². The maximum absolute atomic E-state index is 12.7. The Balaban J connectivity index is 1.36. The third-order valence-corrected chi connectivity index (χ3v) is 6.79. The molecule has 0 saturated heterocycles. The molecular weight excluding hydrogens is 296 g/mol. The topological polar surface area (TPSA) is 32.3 Å². The standard InChI is InChI=1S/C21H30N2O/c1-15(20(24)23(2)19-6-4-3-5-7-19)22-14-21-11-16-8-17(12-21)10-18(9-16)13-21/h3-7,15-18,22H,8-14H2,1-2H3/t15-,16?,17?,18?,21?/m1/s1. The van der Waals surface area contributed by atoms with E-state index in [9.17, 15) is 4.79 Å². The Labute approximate surface area is 145 Å². The van der Waals surface area contributed by atoms with Crippen LogP contribution in [0.2, 0.25) is 0 Å². The summed E-state index contributed by atoms with van der Waals surface area (Å²) >= 11 is 0. The number of para-hydroxylation sites is 1. The predicted molar refractivity (Wildman–Crippen MR) is 97.9 cm³/mol. The van der Waals surface area contributed by atoms with Gasteiger partial charge in [-0.25, -0.2) is 0 Å². The molecule has 1 aromatic rings. The zero-order valence-electron chi connectivity index (χ0n) is 15.0. The summed E-state index contributed by atoms with van der Waals surface area (Å²) in [6.07, 6.45) is 8.60. The average Bonchev–Trinajstić information content (AvgIpc) is 2.58. The van der Waals surface area contributed by atoms with Crippen molar-refractivity contribution in [3.63, 3.8) is 0 Å². The van der Waals surface area contributed by atoms with Gasteiger partial charge in [0.05, 0.1) is 6.04 Å². The lowest BCUT2D eigenvalue weighted by Gasteiger charge is -2.57. The van der Waals surface area contributed by atoms with Gasteiger partial charge in [0.25, 0.3) is 0 Å². The zero-order valence-corrected chi connectivity index (χ0v) is 15.0. The molecule has 4 bridgehead atoms. The minimum absolute atomic E-state index is 0.122. The van der Waals surface area contributed by atoms with Crippen LogP contribution in [0.3, 0.4) is 0 Å². The van der Waals surface area contributed by atoms with Crippen molar-refractivity contribution < 1.29 is 4.79 Å². The second-order valence-corrected chi connectivity index (χ2v) is 8.75. The van der Waals surface area contributed by atoms with Gasteiger partial charge in [-0.1, -0.05) is 18.2 Å². The fraction of sp³-hybridized carbons (Fsp3) is 0.667. The third-order valence-electron chi connectivity index (χ3n) is 6.79. The molecule has 0 unspecified atom stereocenters. The quantitative estimate of drug-likeness (QED) is 0.891. The first-order valence-corrected chi connectivity index (χ1v) is 9.61. The predicted octanol–water partition coefficient (Wildman–Crippen LogP) is 3.84. The van der Waals surface area contributed by atoms with Crippen LogP contribution in [-0.2, 0) is 4.79 Å². The number of amides is 1. The number of carbonyl (C=O) groups is 1. The van der Waals surface area contributed by atoms with Gasteiger partial charge in [0.1, 0.15) is 0 Å². The largest absolute Gasteiger partial charge is 0.314 e. The summed E-state index contributed by atoms with van der Waals surface area (Å²) in [4.78, 5) is 14.5. The monoisotopic (exact) mass is 326 g/mol. The second kappa shape index (κ2) is 6.18. The highest BCUT2D eigenvalue weighted by Gasteiger charge is 2.50. The average molecular weight is 326 g/mol. The summed E-state index contributed by atoms with van der Waals surface area (Å²) < 4.78 is 0. The first kappa shape index (κ1) is 16.1. The van der Waals surface area contributed by atoms with Crippen LogP contribution in [0.4, 0.5) is 5.69 Å². The first-order valence-electron chi connectivity index (χ1n) is 9.61. The van der Waals surface area contributed by atoms with E-state index < -0.39 is 0 Å². The molecule has 0 radical (unpaired) electrons. The molecule has 5 rings (SSSR count). The van der Waals surface area contributed by atoms with E-state index in [4.69, 9.17) is 0 Å². The van der Waals surface area contributed by atoms with Crippen LogP contribution in [0.25, 0.3) is 0 Å². The molecule has 130 valence electrons. The maximum atomic E-state index is 12.7. The van der Waals surface area contributed by atoms with Crippen LogP contribution in [0.15, 0.2) is 30.3 Å². The first-order chi connectivity index (χ1) is 11.5. The number of likely N-dealkylation sites (N-methyl/N-ethyl adjacent to an activating group) is 1. The summed E-state index contributed by atoms with van der Waals surface area (Å²) in [5, 5.41) is 3.60. The molecule has 1 aromatic carbocycles. The Morgan fingerprint density at radius 1 is 1.12 bits per heavy atom. The van der Waals surface area contributed by atoms with Crippen LogP contribution < -0.4 is 10.2 Å². The Hall–Kier alpha value is -1.35. The number of rotatable bonds is 5. The number of nitrogens with one attached hydrogen (secondary N) is 1. The van der Waals surface area contributed by atoms with Crippen LogP contribution in [0, 0.1) is 23.2 Å². The molecule has 0 heterocycles. The molecule has 3 nitrogen and oxygen atoms in total.